The average molecular weight is 285 g/mol. The van der Waals surface area contributed by atoms with Crippen LogP contribution in [0.25, 0.3) is 12.2 Å². The first-order valence-corrected chi connectivity index (χ1v) is 6.86. The molecule has 0 saturated carbocycles. The number of ether oxygens (including phenoxy) is 1. The van der Waals surface area contributed by atoms with Gasteiger partial charge in [0.15, 0.2) is 0 Å². The first kappa shape index (κ1) is 15.1. The van der Waals surface area contributed by atoms with Gasteiger partial charge in [0.05, 0.1) is 7.11 Å². The van der Waals surface area contributed by atoms with Crippen molar-refractivity contribution in [2.45, 2.75) is 13.0 Å². The number of aromatic nitrogens is 1. The van der Waals surface area contributed by atoms with Crippen LogP contribution in [0, 0.1) is 0 Å². The maximum absolute atomic E-state index is 11.9. The Morgan fingerprint density at radius 2 is 1.95 bits per heavy atom. The lowest BCUT2D eigenvalue weighted by atomic mass is 10.1. The second-order valence-corrected chi connectivity index (χ2v) is 4.68. The highest BCUT2D eigenvalue weighted by Gasteiger charge is 1.97. The van der Waals surface area contributed by atoms with Gasteiger partial charge in [-0.25, -0.2) is 0 Å². The Morgan fingerprint density at radius 3 is 2.62 bits per heavy atom. The van der Waals surface area contributed by atoms with Gasteiger partial charge in [0, 0.05) is 25.4 Å². The van der Waals surface area contributed by atoms with Crippen molar-refractivity contribution in [1.82, 2.24) is 4.57 Å². The van der Waals surface area contributed by atoms with Crippen LogP contribution in [0.4, 0.5) is 0 Å². The number of hydrogen-bond donors (Lipinski definition) is 1. The summed E-state index contributed by atoms with van der Waals surface area (Å²) in [5.41, 5.74) is 1.80. The largest absolute Gasteiger partial charge is 0.497 e. The molecule has 0 unspecified atom stereocenters. The fourth-order valence-electron chi connectivity index (χ4n) is 1.99. The Morgan fingerprint density at radius 1 is 1.19 bits per heavy atom. The highest BCUT2D eigenvalue weighted by molar-refractivity contribution is 5.69. The number of hydrogen-bond acceptors (Lipinski definition) is 3. The Bertz CT molecular complexity index is 674. The third kappa shape index (κ3) is 4.33. The zero-order chi connectivity index (χ0) is 15.1. The summed E-state index contributed by atoms with van der Waals surface area (Å²) >= 11 is 0. The van der Waals surface area contributed by atoms with Gasteiger partial charge in [-0.15, -0.1) is 0 Å². The predicted octanol–water partition coefficient (Wildman–Crippen LogP) is 2.41. The summed E-state index contributed by atoms with van der Waals surface area (Å²) in [5.74, 6) is 0.802. The van der Waals surface area contributed by atoms with Crippen molar-refractivity contribution in [1.29, 1.82) is 0 Å². The molecule has 0 atom stereocenters. The topological polar surface area (TPSA) is 51.5 Å². The van der Waals surface area contributed by atoms with Crippen molar-refractivity contribution < 1.29 is 9.84 Å². The molecule has 0 radical (unpaired) electrons. The number of aliphatic hydroxyl groups excluding tert-OH is 1. The zero-order valence-electron chi connectivity index (χ0n) is 12.0. The van der Waals surface area contributed by atoms with Crippen LogP contribution in [-0.2, 0) is 6.54 Å². The number of benzene rings is 1. The maximum atomic E-state index is 11.9. The van der Waals surface area contributed by atoms with E-state index in [4.69, 9.17) is 9.84 Å². The van der Waals surface area contributed by atoms with Crippen LogP contribution in [0.3, 0.4) is 0 Å². The van der Waals surface area contributed by atoms with Crippen LogP contribution in [-0.4, -0.2) is 23.4 Å². The van der Waals surface area contributed by atoms with Gasteiger partial charge in [0.2, 0.25) is 0 Å². The highest BCUT2D eigenvalue weighted by atomic mass is 16.5. The van der Waals surface area contributed by atoms with Crippen LogP contribution in [0.15, 0.2) is 47.4 Å². The monoisotopic (exact) mass is 285 g/mol. The molecule has 1 N–H and O–H groups in total. The van der Waals surface area contributed by atoms with Crippen LogP contribution in [0.1, 0.15) is 17.5 Å². The van der Waals surface area contributed by atoms with E-state index in [-0.39, 0.29) is 12.2 Å². The Balaban J connectivity index is 2.13. The van der Waals surface area contributed by atoms with Gasteiger partial charge in [0.1, 0.15) is 5.75 Å². The van der Waals surface area contributed by atoms with Crippen molar-refractivity contribution in [3.8, 4) is 5.75 Å². The molecule has 110 valence electrons. The van der Waals surface area contributed by atoms with Crippen LogP contribution in [0.5, 0.6) is 5.75 Å². The molecule has 0 saturated heterocycles. The number of aliphatic hydroxyl groups is 1. The molecule has 2 rings (SSSR count). The SMILES string of the molecule is COc1cccc(/C=C/c2ccn(CCCO)c(=O)c2)c1. The molecule has 1 aromatic carbocycles. The molecule has 0 aliphatic rings. The molecule has 2 aromatic rings. The third-order valence-corrected chi connectivity index (χ3v) is 3.14. The minimum absolute atomic E-state index is 0.0590. The minimum atomic E-state index is -0.0590. The van der Waals surface area contributed by atoms with Gasteiger partial charge in [-0.2, -0.15) is 0 Å². The lowest BCUT2D eigenvalue weighted by Crippen LogP contribution is -2.19. The lowest BCUT2D eigenvalue weighted by molar-refractivity contribution is 0.279. The summed E-state index contributed by atoms with van der Waals surface area (Å²) in [5, 5.41) is 8.79. The highest BCUT2D eigenvalue weighted by Crippen LogP contribution is 2.14. The van der Waals surface area contributed by atoms with Crippen LogP contribution < -0.4 is 10.3 Å². The summed E-state index contributed by atoms with van der Waals surface area (Å²) in [4.78, 5) is 11.9. The smallest absolute Gasteiger partial charge is 0.251 e. The molecule has 21 heavy (non-hydrogen) atoms. The van der Waals surface area contributed by atoms with Crippen molar-refractivity contribution in [2.24, 2.45) is 0 Å². The first-order chi connectivity index (χ1) is 10.2. The summed E-state index contributed by atoms with van der Waals surface area (Å²) < 4.78 is 6.77. The number of aryl methyl sites for hydroxylation is 1. The third-order valence-electron chi connectivity index (χ3n) is 3.14. The van der Waals surface area contributed by atoms with E-state index in [0.29, 0.717) is 13.0 Å². The van der Waals surface area contributed by atoms with Crippen LogP contribution in [0.2, 0.25) is 0 Å². The van der Waals surface area contributed by atoms with E-state index < -0.39 is 0 Å². The molecule has 0 fully saturated rings. The first-order valence-electron chi connectivity index (χ1n) is 6.86. The van der Waals surface area contributed by atoms with Gasteiger partial charge >= 0.3 is 0 Å². The quantitative estimate of drug-likeness (QED) is 0.886. The Labute approximate surface area is 123 Å². The number of nitrogens with zero attached hydrogens (tertiary/aromatic N) is 1. The Hall–Kier alpha value is -2.33. The van der Waals surface area contributed by atoms with Crippen molar-refractivity contribution in [3.63, 3.8) is 0 Å². The van der Waals surface area contributed by atoms with Gasteiger partial charge in [0.25, 0.3) is 5.56 Å². The normalized spacial score (nSPS) is 11.0. The molecule has 1 heterocycles. The predicted molar refractivity (Wildman–Crippen MR) is 84.3 cm³/mol. The zero-order valence-corrected chi connectivity index (χ0v) is 12.0. The molecular formula is C17H19NO3. The van der Waals surface area contributed by atoms with E-state index in [2.05, 4.69) is 0 Å². The van der Waals surface area contributed by atoms with E-state index in [1.807, 2.05) is 42.5 Å². The van der Waals surface area contributed by atoms with E-state index in [1.54, 1.807) is 23.9 Å². The number of pyridine rings is 1. The second kappa shape index (κ2) is 7.45. The van der Waals surface area contributed by atoms with E-state index >= 15 is 0 Å². The molecule has 4 heteroatoms. The number of rotatable bonds is 6. The molecule has 0 amide bonds. The summed E-state index contributed by atoms with van der Waals surface area (Å²) in [7, 11) is 1.63. The van der Waals surface area contributed by atoms with E-state index in [9.17, 15) is 4.79 Å². The van der Waals surface area contributed by atoms with Gasteiger partial charge in [-0.3, -0.25) is 4.79 Å². The molecule has 0 bridgehead atoms. The Kier molecular flexibility index (Phi) is 5.35. The van der Waals surface area contributed by atoms with Crippen molar-refractivity contribution >= 4 is 12.2 Å². The summed E-state index contributed by atoms with van der Waals surface area (Å²) in [6.45, 7) is 0.624. The van der Waals surface area contributed by atoms with Gasteiger partial charge in [-0.1, -0.05) is 24.3 Å². The molecule has 4 nitrogen and oxygen atoms in total. The molecule has 0 aliphatic carbocycles. The molecular weight excluding hydrogens is 266 g/mol. The minimum Gasteiger partial charge on any atom is -0.497 e. The molecule has 0 aliphatic heterocycles. The molecule has 0 spiro atoms. The van der Waals surface area contributed by atoms with Gasteiger partial charge < -0.3 is 14.4 Å². The standard InChI is InChI=1S/C17H19NO3/c1-21-16-5-2-4-14(12-16)6-7-15-8-10-18(9-3-11-19)17(20)13-15/h2,4-8,10,12-13,19H,3,9,11H2,1H3/b7-6+. The second-order valence-electron chi connectivity index (χ2n) is 4.68. The van der Waals surface area contributed by atoms with Gasteiger partial charge in [-0.05, 0) is 35.7 Å². The summed E-state index contributed by atoms with van der Waals surface area (Å²) in [6, 6.07) is 11.2. The summed E-state index contributed by atoms with van der Waals surface area (Å²) in [6.07, 6.45) is 6.17. The van der Waals surface area contributed by atoms with Crippen molar-refractivity contribution in [2.75, 3.05) is 13.7 Å². The average Bonchev–Trinajstić information content (AvgIpc) is 2.52. The molecule has 1 aromatic heterocycles. The van der Waals surface area contributed by atoms with Crippen LogP contribution >= 0.6 is 0 Å². The maximum Gasteiger partial charge on any atom is 0.251 e. The van der Waals surface area contributed by atoms with Crippen molar-refractivity contribution in [3.05, 3.63) is 64.1 Å². The van der Waals surface area contributed by atoms with E-state index in [0.717, 1.165) is 16.9 Å². The fourth-order valence-corrected chi connectivity index (χ4v) is 1.99. The number of methoxy groups -OCH3 is 1. The fraction of sp³-hybridized carbons (Fsp3) is 0.235. The lowest BCUT2D eigenvalue weighted by Gasteiger charge is -2.04. The van der Waals surface area contributed by atoms with E-state index in [1.165, 1.54) is 0 Å².